The fraction of sp³-hybridized carbons (Fsp3) is 0.350. The van der Waals surface area contributed by atoms with E-state index in [0.29, 0.717) is 24.3 Å². The number of hydrogen-bond donors (Lipinski definition) is 1. The highest BCUT2D eigenvalue weighted by molar-refractivity contribution is 7.98. The summed E-state index contributed by atoms with van der Waals surface area (Å²) in [6.45, 7) is 1.10. The van der Waals surface area contributed by atoms with Crippen LogP contribution in [0, 0.1) is 0 Å². The number of oxazole rings is 1. The van der Waals surface area contributed by atoms with Gasteiger partial charge in [0.2, 0.25) is 15.9 Å². The molecular formula is C20H22N4O5S2. The first-order chi connectivity index (χ1) is 14.9. The van der Waals surface area contributed by atoms with Crippen molar-refractivity contribution in [2.45, 2.75) is 35.7 Å². The Morgan fingerprint density at radius 2 is 2.00 bits per heavy atom. The fourth-order valence-corrected chi connectivity index (χ4v) is 5.40. The number of pyridine rings is 1. The molecule has 1 aromatic carbocycles. The van der Waals surface area contributed by atoms with Gasteiger partial charge in [-0.05, 0) is 43.4 Å². The van der Waals surface area contributed by atoms with Gasteiger partial charge >= 0.3 is 5.76 Å². The zero-order chi connectivity index (χ0) is 22.0. The number of carbonyl (C=O) groups is 1. The molecule has 0 atom stereocenters. The smallest absolute Gasteiger partial charge is 0.408 e. The molecule has 0 bridgehead atoms. The molecule has 0 radical (unpaired) electrons. The minimum absolute atomic E-state index is 0.0483. The van der Waals surface area contributed by atoms with Gasteiger partial charge in [-0.3, -0.25) is 9.36 Å². The van der Waals surface area contributed by atoms with Crippen LogP contribution in [-0.4, -0.2) is 47.5 Å². The van der Waals surface area contributed by atoms with Crippen LogP contribution in [0.1, 0.15) is 19.3 Å². The zero-order valence-electron chi connectivity index (χ0n) is 16.9. The largest absolute Gasteiger partial charge is 0.419 e. The molecule has 1 amide bonds. The summed E-state index contributed by atoms with van der Waals surface area (Å²) in [7, 11) is -3.61. The Hall–Kier alpha value is -2.63. The van der Waals surface area contributed by atoms with E-state index in [4.69, 9.17) is 4.42 Å². The average Bonchev–Trinajstić information content (AvgIpc) is 3.40. The van der Waals surface area contributed by atoms with Gasteiger partial charge in [0.25, 0.3) is 0 Å². The maximum absolute atomic E-state index is 12.7. The normalized spacial score (nSPS) is 14.9. The van der Waals surface area contributed by atoms with E-state index < -0.39 is 15.8 Å². The van der Waals surface area contributed by atoms with Crippen LogP contribution in [0.5, 0.6) is 0 Å². The second-order valence-corrected chi connectivity index (χ2v) is 9.91. The van der Waals surface area contributed by atoms with Crippen LogP contribution in [-0.2, 0) is 21.4 Å². The highest BCUT2D eigenvalue weighted by Crippen LogP contribution is 2.24. The molecule has 9 nitrogen and oxygen atoms in total. The Morgan fingerprint density at radius 3 is 2.68 bits per heavy atom. The number of anilines is 1. The Balaban J connectivity index is 1.48. The van der Waals surface area contributed by atoms with E-state index in [1.54, 1.807) is 18.3 Å². The molecule has 4 rings (SSSR count). The molecule has 1 N–H and O–H groups in total. The van der Waals surface area contributed by atoms with Crippen molar-refractivity contribution in [1.29, 1.82) is 0 Å². The van der Waals surface area contributed by atoms with Gasteiger partial charge in [0.05, 0.1) is 27.3 Å². The van der Waals surface area contributed by atoms with Crippen molar-refractivity contribution < 1.29 is 17.6 Å². The Bertz CT molecular complexity index is 1260. The van der Waals surface area contributed by atoms with Crippen molar-refractivity contribution in [2.24, 2.45) is 0 Å². The number of nitrogens with zero attached hydrogens (tertiary/aromatic N) is 3. The first kappa shape index (κ1) is 21.6. The highest BCUT2D eigenvalue weighted by Gasteiger charge is 2.28. The molecule has 1 aliphatic heterocycles. The molecule has 1 fully saturated rings. The summed E-state index contributed by atoms with van der Waals surface area (Å²) >= 11 is 1.50. The van der Waals surface area contributed by atoms with Gasteiger partial charge in [-0.15, -0.1) is 11.8 Å². The third-order valence-electron chi connectivity index (χ3n) is 5.13. The molecule has 3 aromatic rings. The Kier molecular flexibility index (Phi) is 6.17. The number of fused-ring (bicyclic) bond motifs is 1. The van der Waals surface area contributed by atoms with Crippen molar-refractivity contribution >= 4 is 44.5 Å². The number of thioether (sulfide) groups is 1. The molecule has 1 aliphatic rings. The van der Waals surface area contributed by atoms with Crippen LogP contribution < -0.4 is 11.1 Å². The highest BCUT2D eigenvalue weighted by atomic mass is 32.2. The molecule has 2 aromatic heterocycles. The number of aryl methyl sites for hydroxylation is 1. The van der Waals surface area contributed by atoms with Crippen LogP contribution in [0.15, 0.2) is 55.7 Å². The summed E-state index contributed by atoms with van der Waals surface area (Å²) in [5.74, 6) is -0.905. The summed E-state index contributed by atoms with van der Waals surface area (Å²) in [6, 6.07) is 7.97. The topological polar surface area (TPSA) is 115 Å². The fourth-order valence-electron chi connectivity index (χ4n) is 3.51. The van der Waals surface area contributed by atoms with Crippen molar-refractivity contribution in [3.8, 4) is 0 Å². The predicted molar refractivity (Wildman–Crippen MR) is 118 cm³/mol. The standard InChI is InChI=1S/C20H22N4O5S2/c1-30-19-7-4-14(13-21-19)22-18(25)8-11-24-16-6-5-15(12-17(16)29-20(24)26)31(27,28)23-9-2-3-10-23/h4-7,12-13H,2-3,8-11H2,1H3,(H,22,25). The lowest BCUT2D eigenvalue weighted by atomic mass is 10.3. The van der Waals surface area contributed by atoms with Gasteiger partial charge in [0.15, 0.2) is 5.58 Å². The van der Waals surface area contributed by atoms with Crippen molar-refractivity contribution in [2.75, 3.05) is 24.7 Å². The van der Waals surface area contributed by atoms with Gasteiger partial charge in [-0.2, -0.15) is 4.31 Å². The maximum Gasteiger partial charge on any atom is 0.419 e. The van der Waals surface area contributed by atoms with Gasteiger partial charge in [0, 0.05) is 32.1 Å². The lowest BCUT2D eigenvalue weighted by molar-refractivity contribution is -0.116. The minimum atomic E-state index is -3.61. The van der Waals surface area contributed by atoms with Gasteiger partial charge in [-0.1, -0.05) is 0 Å². The monoisotopic (exact) mass is 462 g/mol. The quantitative estimate of drug-likeness (QED) is 0.537. The summed E-state index contributed by atoms with van der Waals surface area (Å²) < 4.78 is 33.5. The van der Waals surface area contributed by atoms with Crippen molar-refractivity contribution in [1.82, 2.24) is 13.9 Å². The van der Waals surface area contributed by atoms with Gasteiger partial charge in [0.1, 0.15) is 0 Å². The molecule has 0 spiro atoms. The van der Waals surface area contributed by atoms with Gasteiger partial charge in [-0.25, -0.2) is 18.2 Å². The summed E-state index contributed by atoms with van der Waals surface area (Å²) in [5.41, 5.74) is 1.20. The second kappa shape index (κ2) is 8.85. The number of sulfonamides is 1. The van der Waals surface area contributed by atoms with Crippen LogP contribution >= 0.6 is 11.8 Å². The zero-order valence-corrected chi connectivity index (χ0v) is 18.5. The summed E-state index contributed by atoms with van der Waals surface area (Å²) in [4.78, 5) is 28.9. The molecule has 0 saturated carbocycles. The van der Waals surface area contributed by atoms with Crippen LogP contribution in [0.25, 0.3) is 11.1 Å². The van der Waals surface area contributed by atoms with E-state index >= 15 is 0 Å². The number of aromatic nitrogens is 2. The lowest BCUT2D eigenvalue weighted by Crippen LogP contribution is -2.27. The minimum Gasteiger partial charge on any atom is -0.408 e. The number of rotatable bonds is 7. The molecule has 31 heavy (non-hydrogen) atoms. The molecule has 3 heterocycles. The number of benzene rings is 1. The molecular weight excluding hydrogens is 440 g/mol. The SMILES string of the molecule is CSc1ccc(NC(=O)CCn2c(=O)oc3cc(S(=O)(=O)N4CCCC4)ccc32)cn1. The van der Waals surface area contributed by atoms with E-state index in [1.807, 2.05) is 12.3 Å². The predicted octanol–water partition coefficient (Wildman–Crippen LogP) is 2.52. The third-order valence-corrected chi connectivity index (χ3v) is 7.69. The molecule has 0 aliphatic carbocycles. The second-order valence-electron chi connectivity index (χ2n) is 7.15. The third kappa shape index (κ3) is 4.53. The van der Waals surface area contributed by atoms with E-state index in [-0.39, 0.29) is 29.4 Å². The molecule has 164 valence electrons. The van der Waals surface area contributed by atoms with E-state index in [1.165, 1.54) is 32.8 Å². The van der Waals surface area contributed by atoms with Gasteiger partial charge < -0.3 is 9.73 Å². The Labute approximate surface area is 183 Å². The first-order valence-corrected chi connectivity index (χ1v) is 12.5. The number of carbonyl (C=O) groups excluding carboxylic acids is 1. The lowest BCUT2D eigenvalue weighted by Gasteiger charge is -2.15. The van der Waals surface area contributed by atoms with E-state index in [9.17, 15) is 18.0 Å². The first-order valence-electron chi connectivity index (χ1n) is 9.82. The molecule has 0 unspecified atom stereocenters. The van der Waals surface area contributed by atoms with Crippen LogP contribution in [0.2, 0.25) is 0 Å². The van der Waals surface area contributed by atoms with Crippen LogP contribution in [0.4, 0.5) is 5.69 Å². The van der Waals surface area contributed by atoms with E-state index in [2.05, 4.69) is 10.3 Å². The maximum atomic E-state index is 12.7. The number of hydrogen-bond acceptors (Lipinski definition) is 7. The van der Waals surface area contributed by atoms with Crippen molar-refractivity contribution in [3.63, 3.8) is 0 Å². The summed E-state index contributed by atoms with van der Waals surface area (Å²) in [5, 5.41) is 3.59. The van der Waals surface area contributed by atoms with Crippen LogP contribution in [0.3, 0.4) is 0 Å². The summed E-state index contributed by atoms with van der Waals surface area (Å²) in [6.07, 6.45) is 5.22. The average molecular weight is 463 g/mol. The van der Waals surface area contributed by atoms with E-state index in [0.717, 1.165) is 17.9 Å². The van der Waals surface area contributed by atoms with Crippen molar-refractivity contribution in [3.05, 3.63) is 47.1 Å². The Morgan fingerprint density at radius 1 is 1.23 bits per heavy atom. The molecule has 1 saturated heterocycles. The number of amides is 1. The number of nitrogens with one attached hydrogen (secondary N) is 1. The molecule has 11 heteroatoms.